The van der Waals surface area contributed by atoms with E-state index in [2.05, 4.69) is 15.2 Å². The van der Waals surface area contributed by atoms with Crippen LogP contribution >= 0.6 is 0 Å². The number of H-pyrrole nitrogens is 1. The first-order chi connectivity index (χ1) is 9.05. The van der Waals surface area contributed by atoms with Crippen molar-refractivity contribution >= 4 is 10.0 Å². The predicted octanol–water partition coefficient (Wildman–Crippen LogP) is 0.0841. The van der Waals surface area contributed by atoms with Crippen molar-refractivity contribution < 1.29 is 8.42 Å². The summed E-state index contributed by atoms with van der Waals surface area (Å²) in [5.74, 6) is 0. The largest absolute Gasteiger partial charge is 0.326 e. The smallest absolute Gasteiger partial charge is 0.260 e. The zero-order chi connectivity index (χ0) is 13.9. The summed E-state index contributed by atoms with van der Waals surface area (Å²) in [6.45, 7) is 0.352. The van der Waals surface area contributed by atoms with Gasteiger partial charge in [-0.25, -0.2) is 8.42 Å². The van der Waals surface area contributed by atoms with Crippen molar-refractivity contribution in [2.45, 2.75) is 18.1 Å². The van der Waals surface area contributed by atoms with E-state index >= 15 is 0 Å². The number of pyridine rings is 1. The molecular formula is C11H15N5O2S. The topological polar surface area (TPSA) is 105 Å². The number of sulfonamides is 1. The molecule has 7 nitrogen and oxygen atoms in total. The minimum atomic E-state index is -3.63. The lowest BCUT2D eigenvalue weighted by Crippen LogP contribution is -2.28. The summed E-state index contributed by atoms with van der Waals surface area (Å²) in [7, 11) is -2.13. The maximum atomic E-state index is 12.4. The van der Waals surface area contributed by atoms with Crippen LogP contribution in [0.1, 0.15) is 11.1 Å². The number of nitrogens with zero attached hydrogens (tertiary/aromatic N) is 3. The fraction of sp³-hybridized carbons (Fsp3) is 0.273. The number of rotatable bonds is 5. The summed E-state index contributed by atoms with van der Waals surface area (Å²) < 4.78 is 25.9. The van der Waals surface area contributed by atoms with E-state index in [4.69, 9.17) is 5.73 Å². The summed E-state index contributed by atoms with van der Waals surface area (Å²) in [6.07, 6.45) is 4.69. The monoisotopic (exact) mass is 281 g/mol. The average Bonchev–Trinajstić information content (AvgIpc) is 2.88. The van der Waals surface area contributed by atoms with E-state index < -0.39 is 10.0 Å². The van der Waals surface area contributed by atoms with Gasteiger partial charge in [0, 0.05) is 38.1 Å². The second-order valence-corrected chi connectivity index (χ2v) is 6.03. The Balaban J connectivity index is 2.25. The molecule has 0 aliphatic carbocycles. The molecule has 0 bridgehead atoms. The average molecular weight is 281 g/mol. The second kappa shape index (κ2) is 5.47. The van der Waals surface area contributed by atoms with E-state index in [0.29, 0.717) is 5.56 Å². The Morgan fingerprint density at radius 3 is 2.84 bits per heavy atom. The lowest BCUT2D eigenvalue weighted by atomic mass is 10.3. The Morgan fingerprint density at radius 2 is 2.21 bits per heavy atom. The Morgan fingerprint density at radius 1 is 1.42 bits per heavy atom. The minimum absolute atomic E-state index is 0.0430. The molecule has 19 heavy (non-hydrogen) atoms. The third-order valence-corrected chi connectivity index (χ3v) is 4.51. The van der Waals surface area contributed by atoms with Crippen LogP contribution in [-0.2, 0) is 23.1 Å². The number of aromatic amines is 1. The molecule has 2 heterocycles. The van der Waals surface area contributed by atoms with Gasteiger partial charge >= 0.3 is 0 Å². The Labute approximate surface area is 111 Å². The summed E-state index contributed by atoms with van der Waals surface area (Å²) >= 11 is 0. The SMILES string of the molecule is CN(Cc1cccnc1)S(=O)(=O)c1[nH]ncc1CN. The van der Waals surface area contributed by atoms with Gasteiger partial charge in [-0.15, -0.1) is 0 Å². The van der Waals surface area contributed by atoms with E-state index in [1.54, 1.807) is 18.5 Å². The van der Waals surface area contributed by atoms with Crippen molar-refractivity contribution in [1.29, 1.82) is 0 Å². The van der Waals surface area contributed by atoms with Crippen molar-refractivity contribution in [3.63, 3.8) is 0 Å². The van der Waals surface area contributed by atoms with Gasteiger partial charge in [-0.05, 0) is 11.6 Å². The first-order valence-electron chi connectivity index (χ1n) is 5.63. The zero-order valence-corrected chi connectivity index (χ0v) is 11.3. The lowest BCUT2D eigenvalue weighted by Gasteiger charge is -2.16. The molecule has 0 aliphatic rings. The highest BCUT2D eigenvalue weighted by atomic mass is 32.2. The van der Waals surface area contributed by atoms with Crippen LogP contribution in [0.15, 0.2) is 35.7 Å². The molecule has 0 atom stereocenters. The van der Waals surface area contributed by atoms with E-state index in [-0.39, 0.29) is 18.1 Å². The third kappa shape index (κ3) is 2.80. The first kappa shape index (κ1) is 13.7. The molecule has 2 aromatic rings. The molecular weight excluding hydrogens is 266 g/mol. The van der Waals surface area contributed by atoms with Gasteiger partial charge < -0.3 is 5.73 Å². The number of hydrogen-bond donors (Lipinski definition) is 2. The summed E-state index contributed by atoms with van der Waals surface area (Å²) in [5, 5.41) is 6.26. The Kier molecular flexibility index (Phi) is 3.93. The van der Waals surface area contributed by atoms with E-state index in [1.807, 2.05) is 6.07 Å². The molecule has 2 rings (SSSR count). The van der Waals surface area contributed by atoms with Crippen molar-refractivity contribution in [3.05, 3.63) is 41.9 Å². The summed E-state index contributed by atoms with van der Waals surface area (Å²) in [5.41, 5.74) is 6.77. The minimum Gasteiger partial charge on any atom is -0.326 e. The fourth-order valence-corrected chi connectivity index (χ4v) is 2.92. The molecule has 0 amide bonds. The van der Waals surface area contributed by atoms with Crippen LogP contribution in [0, 0.1) is 0 Å². The van der Waals surface area contributed by atoms with Crippen LogP contribution in [0.5, 0.6) is 0 Å². The van der Waals surface area contributed by atoms with E-state index in [1.165, 1.54) is 17.5 Å². The van der Waals surface area contributed by atoms with E-state index in [9.17, 15) is 8.42 Å². The van der Waals surface area contributed by atoms with Gasteiger partial charge in [0.1, 0.15) is 0 Å². The molecule has 0 spiro atoms. The number of nitrogens with one attached hydrogen (secondary N) is 1. The maximum absolute atomic E-state index is 12.4. The molecule has 2 aromatic heterocycles. The molecule has 0 unspecified atom stereocenters. The molecule has 0 fully saturated rings. The first-order valence-corrected chi connectivity index (χ1v) is 7.07. The molecule has 0 radical (unpaired) electrons. The van der Waals surface area contributed by atoms with Crippen LogP contribution in [0.3, 0.4) is 0 Å². The Hall–Kier alpha value is -1.77. The Bertz CT molecular complexity index is 638. The maximum Gasteiger partial charge on any atom is 0.260 e. The van der Waals surface area contributed by atoms with Crippen LogP contribution in [0.4, 0.5) is 0 Å². The van der Waals surface area contributed by atoms with Crippen LogP contribution in [-0.4, -0.2) is 35.0 Å². The number of aromatic nitrogens is 3. The number of hydrogen-bond acceptors (Lipinski definition) is 5. The van der Waals surface area contributed by atoms with Gasteiger partial charge in [0.25, 0.3) is 10.0 Å². The number of nitrogens with two attached hydrogens (primary N) is 1. The third-order valence-electron chi connectivity index (χ3n) is 2.69. The highest BCUT2D eigenvalue weighted by molar-refractivity contribution is 7.89. The second-order valence-electron chi connectivity index (χ2n) is 4.05. The normalized spacial score (nSPS) is 11.9. The lowest BCUT2D eigenvalue weighted by molar-refractivity contribution is 0.462. The molecule has 102 valence electrons. The highest BCUT2D eigenvalue weighted by Crippen LogP contribution is 2.17. The molecule has 3 N–H and O–H groups in total. The van der Waals surface area contributed by atoms with Gasteiger partial charge in [0.05, 0.1) is 6.20 Å². The van der Waals surface area contributed by atoms with Crippen molar-refractivity contribution in [2.24, 2.45) is 5.73 Å². The van der Waals surface area contributed by atoms with Gasteiger partial charge in [0.15, 0.2) is 5.03 Å². The quantitative estimate of drug-likeness (QED) is 0.807. The van der Waals surface area contributed by atoms with Gasteiger partial charge in [-0.1, -0.05) is 6.07 Å². The van der Waals surface area contributed by atoms with Crippen molar-refractivity contribution in [2.75, 3.05) is 7.05 Å². The van der Waals surface area contributed by atoms with Gasteiger partial charge in [-0.3, -0.25) is 10.1 Å². The molecule has 0 aliphatic heterocycles. The van der Waals surface area contributed by atoms with Gasteiger partial charge in [0.2, 0.25) is 0 Å². The van der Waals surface area contributed by atoms with E-state index in [0.717, 1.165) is 5.56 Å². The van der Waals surface area contributed by atoms with Crippen molar-refractivity contribution in [1.82, 2.24) is 19.5 Å². The van der Waals surface area contributed by atoms with Crippen molar-refractivity contribution in [3.8, 4) is 0 Å². The zero-order valence-electron chi connectivity index (χ0n) is 10.4. The van der Waals surface area contributed by atoms with Crippen LogP contribution in [0.25, 0.3) is 0 Å². The predicted molar refractivity (Wildman–Crippen MR) is 69.4 cm³/mol. The fourth-order valence-electron chi connectivity index (χ4n) is 1.66. The summed E-state index contributed by atoms with van der Waals surface area (Å²) in [4.78, 5) is 3.95. The molecule has 0 aromatic carbocycles. The van der Waals surface area contributed by atoms with Crippen LogP contribution < -0.4 is 5.73 Å². The van der Waals surface area contributed by atoms with Crippen LogP contribution in [0.2, 0.25) is 0 Å². The molecule has 8 heteroatoms. The highest BCUT2D eigenvalue weighted by Gasteiger charge is 2.25. The molecule has 0 saturated carbocycles. The standard InChI is InChI=1S/C11H15N5O2S/c1-16(8-9-3-2-4-13-6-9)19(17,18)11-10(5-12)7-14-15-11/h2-4,6-7H,5,8,12H2,1H3,(H,14,15). The molecule has 0 saturated heterocycles. The van der Waals surface area contributed by atoms with Gasteiger partial charge in [-0.2, -0.15) is 9.40 Å². The summed E-state index contributed by atoms with van der Waals surface area (Å²) in [6, 6.07) is 3.58.